The highest BCUT2D eigenvalue weighted by Gasteiger charge is 2.16. The first-order valence-corrected chi connectivity index (χ1v) is 11.1. The van der Waals surface area contributed by atoms with Crippen LogP contribution in [-0.4, -0.2) is 39.3 Å². The van der Waals surface area contributed by atoms with Crippen molar-refractivity contribution in [3.63, 3.8) is 0 Å². The molecule has 0 spiro atoms. The van der Waals surface area contributed by atoms with Crippen LogP contribution in [0, 0.1) is 0 Å². The topological polar surface area (TPSA) is 116 Å². The molecule has 0 fully saturated rings. The molecule has 0 aliphatic heterocycles. The van der Waals surface area contributed by atoms with E-state index < -0.39 is 11.2 Å². The van der Waals surface area contributed by atoms with Gasteiger partial charge in [-0.2, -0.15) is 9.78 Å². The monoisotopic (exact) mass is 496 g/mol. The second-order valence-corrected chi connectivity index (χ2v) is 8.37. The smallest absolute Gasteiger partial charge is 0.323 e. The predicted octanol–water partition coefficient (Wildman–Crippen LogP) is 2.92. The average Bonchev–Trinajstić information content (AvgIpc) is 3.37. The highest BCUT2D eigenvalue weighted by atomic mass is 35.5. The van der Waals surface area contributed by atoms with Gasteiger partial charge in [-0.05, 0) is 47.4 Å². The number of aryl methyl sites for hydroxylation is 2. The molecule has 0 saturated carbocycles. The zero-order valence-corrected chi connectivity index (χ0v) is 19.3. The Morgan fingerprint density at radius 1 is 1.03 bits per heavy atom. The number of rotatable bonds is 8. The largest absolute Gasteiger partial charge is 0.332 e. The van der Waals surface area contributed by atoms with E-state index in [9.17, 15) is 9.59 Å². The van der Waals surface area contributed by atoms with Crippen molar-refractivity contribution < 1.29 is 0 Å². The highest BCUT2D eigenvalue weighted by molar-refractivity contribution is 6.42. The highest BCUT2D eigenvalue weighted by Crippen LogP contribution is 2.23. The van der Waals surface area contributed by atoms with Crippen LogP contribution >= 0.6 is 34.8 Å². The number of hydrogen-bond acceptors (Lipinski definition) is 6. The number of fused-ring (bicyclic) bond motifs is 1. The number of H-pyrrole nitrogens is 1. The fourth-order valence-corrected chi connectivity index (χ4v) is 3.90. The van der Waals surface area contributed by atoms with E-state index in [2.05, 4.69) is 25.4 Å². The molecule has 13 heteroatoms. The van der Waals surface area contributed by atoms with Gasteiger partial charge in [0.2, 0.25) is 5.28 Å². The van der Waals surface area contributed by atoms with Crippen LogP contribution in [0.3, 0.4) is 0 Å². The molecule has 168 valence electrons. The summed E-state index contributed by atoms with van der Waals surface area (Å²) in [5.41, 5.74) is 0.523. The van der Waals surface area contributed by atoms with Crippen molar-refractivity contribution in [2.75, 3.05) is 0 Å². The van der Waals surface area contributed by atoms with Crippen LogP contribution in [0.2, 0.25) is 15.3 Å². The summed E-state index contributed by atoms with van der Waals surface area (Å²) in [6, 6.07) is 5.33. The number of imidazole rings is 1. The Kier molecular flexibility index (Phi) is 6.63. The van der Waals surface area contributed by atoms with Gasteiger partial charge in [0, 0.05) is 19.5 Å². The predicted molar refractivity (Wildman–Crippen MR) is 122 cm³/mol. The SMILES string of the molecule is CCCn1c(=O)n(CCCn2nnc(Cc3ccc(Cl)c(Cl)c3)n2)c(=O)c2[nH]c(Cl)nc21. The number of tetrazole rings is 1. The summed E-state index contributed by atoms with van der Waals surface area (Å²) in [6.07, 6.45) is 1.62. The van der Waals surface area contributed by atoms with E-state index >= 15 is 0 Å². The van der Waals surface area contributed by atoms with Crippen LogP contribution in [0.15, 0.2) is 27.8 Å². The second kappa shape index (κ2) is 9.43. The van der Waals surface area contributed by atoms with Gasteiger partial charge in [-0.15, -0.1) is 10.2 Å². The molecule has 10 nitrogen and oxygen atoms in total. The Bertz CT molecular complexity index is 1390. The Labute approximate surface area is 196 Å². The minimum Gasteiger partial charge on any atom is -0.323 e. The normalized spacial score (nSPS) is 11.5. The Balaban J connectivity index is 1.47. The quantitative estimate of drug-likeness (QED) is 0.374. The lowest BCUT2D eigenvalue weighted by molar-refractivity contribution is 0.453. The summed E-state index contributed by atoms with van der Waals surface area (Å²) in [5, 5.41) is 13.5. The molecule has 4 aromatic rings. The molecular weight excluding hydrogens is 479 g/mol. The van der Waals surface area contributed by atoms with Crippen LogP contribution in [-0.2, 0) is 26.1 Å². The summed E-state index contributed by atoms with van der Waals surface area (Å²) < 4.78 is 2.64. The Morgan fingerprint density at radius 3 is 2.59 bits per heavy atom. The lowest BCUT2D eigenvalue weighted by Gasteiger charge is -2.10. The average molecular weight is 498 g/mol. The Hall–Kier alpha value is -2.69. The molecule has 0 radical (unpaired) electrons. The molecular formula is C19H19Cl3N8O2. The molecule has 32 heavy (non-hydrogen) atoms. The summed E-state index contributed by atoms with van der Waals surface area (Å²) in [6.45, 7) is 2.95. The maximum atomic E-state index is 12.9. The zero-order chi connectivity index (χ0) is 22.8. The first-order chi connectivity index (χ1) is 15.4. The van der Waals surface area contributed by atoms with Gasteiger partial charge in [0.05, 0.1) is 16.6 Å². The zero-order valence-electron chi connectivity index (χ0n) is 17.1. The van der Waals surface area contributed by atoms with Crippen LogP contribution in [0.4, 0.5) is 0 Å². The van der Waals surface area contributed by atoms with Crippen molar-refractivity contribution in [1.29, 1.82) is 0 Å². The number of aromatic nitrogens is 8. The molecule has 0 unspecified atom stereocenters. The van der Waals surface area contributed by atoms with Crippen molar-refractivity contribution in [3.8, 4) is 0 Å². The van der Waals surface area contributed by atoms with E-state index in [0.29, 0.717) is 48.2 Å². The van der Waals surface area contributed by atoms with Gasteiger partial charge in [0.1, 0.15) is 0 Å². The van der Waals surface area contributed by atoms with Crippen LogP contribution < -0.4 is 11.2 Å². The van der Waals surface area contributed by atoms with Crippen LogP contribution in [0.5, 0.6) is 0 Å². The van der Waals surface area contributed by atoms with E-state index in [1.807, 2.05) is 13.0 Å². The number of hydrogen-bond donors (Lipinski definition) is 1. The minimum absolute atomic E-state index is 0.0698. The second-order valence-electron chi connectivity index (χ2n) is 7.20. The molecule has 0 aliphatic rings. The molecule has 0 atom stereocenters. The summed E-state index contributed by atoms with van der Waals surface area (Å²) in [5.74, 6) is 0.527. The summed E-state index contributed by atoms with van der Waals surface area (Å²) in [4.78, 5) is 33.9. The third-order valence-corrected chi connectivity index (χ3v) is 5.78. The number of halogens is 3. The van der Waals surface area contributed by atoms with E-state index in [-0.39, 0.29) is 23.0 Å². The van der Waals surface area contributed by atoms with E-state index in [1.54, 1.807) is 12.1 Å². The third kappa shape index (κ3) is 4.57. The molecule has 3 aromatic heterocycles. The number of aromatic amines is 1. The van der Waals surface area contributed by atoms with Crippen molar-refractivity contribution in [3.05, 3.63) is 65.8 Å². The minimum atomic E-state index is -0.455. The van der Waals surface area contributed by atoms with Crippen molar-refractivity contribution >= 4 is 46.0 Å². The molecule has 3 heterocycles. The molecule has 4 rings (SSSR count). The maximum Gasteiger partial charge on any atom is 0.332 e. The van der Waals surface area contributed by atoms with Gasteiger partial charge < -0.3 is 4.98 Å². The van der Waals surface area contributed by atoms with E-state index in [4.69, 9.17) is 34.8 Å². The Morgan fingerprint density at radius 2 is 1.84 bits per heavy atom. The fourth-order valence-electron chi connectivity index (χ4n) is 3.41. The van der Waals surface area contributed by atoms with Gasteiger partial charge in [-0.3, -0.25) is 13.9 Å². The van der Waals surface area contributed by atoms with Gasteiger partial charge in [-0.1, -0.05) is 36.2 Å². The maximum absolute atomic E-state index is 12.9. The van der Waals surface area contributed by atoms with Crippen LogP contribution in [0.1, 0.15) is 31.2 Å². The van der Waals surface area contributed by atoms with Crippen molar-refractivity contribution in [2.24, 2.45) is 0 Å². The first-order valence-electron chi connectivity index (χ1n) is 9.96. The van der Waals surface area contributed by atoms with Crippen LogP contribution in [0.25, 0.3) is 11.2 Å². The number of nitrogens with zero attached hydrogens (tertiary/aromatic N) is 7. The van der Waals surface area contributed by atoms with Crippen molar-refractivity contribution in [1.82, 2.24) is 39.3 Å². The van der Waals surface area contributed by atoms with Gasteiger partial charge in [-0.25, -0.2) is 4.79 Å². The lowest BCUT2D eigenvalue weighted by Crippen LogP contribution is -2.40. The molecule has 0 aliphatic carbocycles. The molecule has 1 aromatic carbocycles. The standard InChI is InChI=1S/C19H19Cl3N8O2/c1-2-6-28-16-15(23-18(22)24-16)17(31)29(19(28)32)7-3-8-30-26-14(25-27-30)10-11-4-5-12(20)13(21)9-11/h4-5,9H,2-3,6-8,10H2,1H3,(H,23,24). The number of nitrogens with one attached hydrogen (secondary N) is 1. The van der Waals surface area contributed by atoms with Gasteiger partial charge >= 0.3 is 5.69 Å². The number of benzene rings is 1. The lowest BCUT2D eigenvalue weighted by atomic mass is 10.1. The molecule has 1 N–H and O–H groups in total. The molecule has 0 saturated heterocycles. The van der Waals surface area contributed by atoms with Gasteiger partial charge in [0.25, 0.3) is 5.56 Å². The fraction of sp³-hybridized carbons (Fsp3) is 0.368. The summed E-state index contributed by atoms with van der Waals surface area (Å²) in [7, 11) is 0. The third-order valence-electron chi connectivity index (χ3n) is 4.86. The summed E-state index contributed by atoms with van der Waals surface area (Å²) >= 11 is 17.9. The molecule has 0 amide bonds. The van der Waals surface area contributed by atoms with E-state index in [1.165, 1.54) is 13.9 Å². The van der Waals surface area contributed by atoms with Gasteiger partial charge in [0.15, 0.2) is 17.0 Å². The molecule has 0 bridgehead atoms. The first kappa shape index (κ1) is 22.5. The van der Waals surface area contributed by atoms with Crippen molar-refractivity contribution in [2.45, 2.75) is 45.8 Å². The van der Waals surface area contributed by atoms with E-state index in [0.717, 1.165) is 5.56 Å².